The van der Waals surface area contributed by atoms with Gasteiger partial charge in [-0.25, -0.2) is 4.98 Å². The Morgan fingerprint density at radius 2 is 2.15 bits per heavy atom. The number of aromatic hydroxyl groups is 1. The van der Waals surface area contributed by atoms with Crippen molar-refractivity contribution >= 4 is 0 Å². The van der Waals surface area contributed by atoms with E-state index in [1.165, 1.54) is 6.20 Å². The molecule has 0 aliphatic heterocycles. The number of hydrogen-bond donors (Lipinski definition) is 1. The van der Waals surface area contributed by atoms with E-state index < -0.39 is 0 Å². The molecule has 0 saturated heterocycles. The molecule has 20 heavy (non-hydrogen) atoms. The number of rotatable bonds is 4. The summed E-state index contributed by atoms with van der Waals surface area (Å²) in [4.78, 5) is 16.2. The molecule has 1 N–H and O–H groups in total. The molecule has 2 rings (SSSR count). The highest BCUT2D eigenvalue weighted by Crippen LogP contribution is 2.28. The molecule has 0 saturated carbocycles. The van der Waals surface area contributed by atoms with Crippen molar-refractivity contribution in [2.45, 2.75) is 27.3 Å². The third kappa shape index (κ3) is 2.99. The number of phenols is 1. The number of hydrogen-bond acceptors (Lipinski definition) is 4. The van der Waals surface area contributed by atoms with Gasteiger partial charge in [-0.1, -0.05) is 19.9 Å². The van der Waals surface area contributed by atoms with Gasteiger partial charge in [-0.3, -0.25) is 4.79 Å². The summed E-state index contributed by atoms with van der Waals surface area (Å²) in [5.41, 5.74) is 0.303. The van der Waals surface area contributed by atoms with Crippen LogP contribution in [0.4, 0.5) is 0 Å². The first-order chi connectivity index (χ1) is 9.49. The molecule has 0 unspecified atom stereocenters. The number of benzene rings is 1. The predicted molar refractivity (Wildman–Crippen MR) is 76.3 cm³/mol. The summed E-state index contributed by atoms with van der Waals surface area (Å²) in [6.45, 7) is 6.40. The monoisotopic (exact) mass is 274 g/mol. The Kier molecular flexibility index (Phi) is 4.08. The minimum Gasteiger partial charge on any atom is -0.508 e. The molecular formula is C15H18N2O3. The largest absolute Gasteiger partial charge is 0.508 e. The van der Waals surface area contributed by atoms with Gasteiger partial charge in [-0.2, -0.15) is 0 Å². The molecule has 0 aliphatic carbocycles. The van der Waals surface area contributed by atoms with E-state index in [-0.39, 0.29) is 17.2 Å². The Bertz CT molecular complexity index is 662. The molecule has 106 valence electrons. The lowest BCUT2D eigenvalue weighted by Crippen LogP contribution is -2.23. The molecule has 0 bridgehead atoms. The van der Waals surface area contributed by atoms with Crippen molar-refractivity contribution in [1.29, 1.82) is 0 Å². The number of phenolic OH excluding ortho intramolecular Hbond substituents is 1. The molecule has 0 spiro atoms. The molecule has 0 radical (unpaired) electrons. The smallest absolute Gasteiger partial charge is 0.313 e. The fourth-order valence-electron chi connectivity index (χ4n) is 1.85. The zero-order chi connectivity index (χ0) is 14.7. The summed E-state index contributed by atoms with van der Waals surface area (Å²) in [6.07, 6.45) is 3.18. The molecule has 1 heterocycles. The second kappa shape index (κ2) is 5.77. The Labute approximate surface area is 117 Å². The Hall–Kier alpha value is -2.30. The quantitative estimate of drug-likeness (QED) is 0.931. The molecule has 1 aromatic carbocycles. The van der Waals surface area contributed by atoms with Crippen LogP contribution in [0.2, 0.25) is 0 Å². The summed E-state index contributed by atoms with van der Waals surface area (Å²) in [7, 11) is 0. The molecule has 5 heteroatoms. The van der Waals surface area contributed by atoms with Crippen LogP contribution < -0.4 is 10.3 Å². The van der Waals surface area contributed by atoms with Crippen molar-refractivity contribution in [3.63, 3.8) is 0 Å². The van der Waals surface area contributed by atoms with Gasteiger partial charge in [-0.05, 0) is 25.0 Å². The van der Waals surface area contributed by atoms with Gasteiger partial charge < -0.3 is 14.4 Å². The van der Waals surface area contributed by atoms with E-state index >= 15 is 0 Å². The Morgan fingerprint density at radius 3 is 2.85 bits per heavy atom. The first kappa shape index (κ1) is 14.1. The van der Waals surface area contributed by atoms with Crippen molar-refractivity contribution in [2.75, 3.05) is 0 Å². The molecule has 0 fully saturated rings. The topological polar surface area (TPSA) is 64.3 Å². The Balaban J connectivity index is 2.35. The van der Waals surface area contributed by atoms with Crippen LogP contribution in [0.5, 0.6) is 17.4 Å². The minimum atomic E-state index is -0.274. The van der Waals surface area contributed by atoms with Crippen LogP contribution in [0.3, 0.4) is 0 Å². The third-order valence-corrected chi connectivity index (χ3v) is 2.91. The maximum absolute atomic E-state index is 12.2. The first-order valence-electron chi connectivity index (χ1n) is 6.51. The normalized spacial score (nSPS) is 10.8. The van der Waals surface area contributed by atoms with Gasteiger partial charge in [0.25, 0.3) is 5.88 Å². The maximum atomic E-state index is 12.2. The highest BCUT2D eigenvalue weighted by Gasteiger charge is 2.11. The van der Waals surface area contributed by atoms with E-state index in [4.69, 9.17) is 4.74 Å². The van der Waals surface area contributed by atoms with Gasteiger partial charge in [0.15, 0.2) is 0 Å². The third-order valence-electron chi connectivity index (χ3n) is 2.91. The van der Waals surface area contributed by atoms with Crippen LogP contribution in [-0.4, -0.2) is 14.7 Å². The van der Waals surface area contributed by atoms with Gasteiger partial charge in [0, 0.05) is 24.5 Å². The maximum Gasteiger partial charge on any atom is 0.313 e. The molecule has 1 aromatic heterocycles. The Morgan fingerprint density at radius 1 is 1.40 bits per heavy atom. The predicted octanol–water partition coefficient (Wildman–Crippen LogP) is 2.71. The van der Waals surface area contributed by atoms with Crippen LogP contribution in [0.25, 0.3) is 0 Å². The summed E-state index contributed by atoms with van der Waals surface area (Å²) >= 11 is 0. The standard InChI is InChI=1S/C15H18N2O3/c1-10(2)9-17-8-7-16-14(15(17)19)20-13-6-4-5-12(18)11(13)3/h4-8,10,18H,9H2,1-3H3. The average Bonchev–Trinajstić information content (AvgIpc) is 2.39. The summed E-state index contributed by atoms with van der Waals surface area (Å²) < 4.78 is 7.11. The van der Waals surface area contributed by atoms with Crippen molar-refractivity contribution in [1.82, 2.24) is 9.55 Å². The molecule has 2 aromatic rings. The van der Waals surface area contributed by atoms with Crippen LogP contribution in [-0.2, 0) is 6.54 Å². The van der Waals surface area contributed by atoms with Crippen LogP contribution in [0.15, 0.2) is 35.4 Å². The molecule has 0 amide bonds. The zero-order valence-electron chi connectivity index (χ0n) is 11.8. The molecule has 0 aliphatic rings. The van der Waals surface area contributed by atoms with E-state index in [2.05, 4.69) is 4.98 Å². The van der Waals surface area contributed by atoms with E-state index in [0.717, 1.165) is 0 Å². The van der Waals surface area contributed by atoms with E-state index in [1.807, 2.05) is 13.8 Å². The fourth-order valence-corrected chi connectivity index (χ4v) is 1.85. The van der Waals surface area contributed by atoms with Crippen LogP contribution >= 0.6 is 0 Å². The second-order valence-electron chi connectivity index (χ2n) is 5.09. The first-order valence-corrected chi connectivity index (χ1v) is 6.51. The van der Waals surface area contributed by atoms with Gasteiger partial charge in [0.05, 0.1) is 0 Å². The van der Waals surface area contributed by atoms with Gasteiger partial charge in [0.1, 0.15) is 11.5 Å². The van der Waals surface area contributed by atoms with Gasteiger partial charge in [-0.15, -0.1) is 0 Å². The minimum absolute atomic E-state index is 0.0156. The van der Waals surface area contributed by atoms with Gasteiger partial charge >= 0.3 is 5.56 Å². The summed E-state index contributed by atoms with van der Waals surface area (Å²) in [5.74, 6) is 0.921. The fraction of sp³-hybridized carbons (Fsp3) is 0.333. The van der Waals surface area contributed by atoms with E-state index in [1.54, 1.807) is 35.9 Å². The van der Waals surface area contributed by atoms with Crippen molar-refractivity contribution < 1.29 is 9.84 Å². The highest BCUT2D eigenvalue weighted by molar-refractivity contribution is 5.43. The lowest BCUT2D eigenvalue weighted by atomic mass is 10.2. The summed E-state index contributed by atoms with van der Waals surface area (Å²) in [6, 6.07) is 4.92. The second-order valence-corrected chi connectivity index (χ2v) is 5.09. The summed E-state index contributed by atoms with van der Waals surface area (Å²) in [5, 5.41) is 9.64. The molecular weight excluding hydrogens is 256 g/mol. The highest BCUT2D eigenvalue weighted by atomic mass is 16.5. The van der Waals surface area contributed by atoms with Gasteiger partial charge in [0.2, 0.25) is 0 Å². The molecule has 5 nitrogen and oxygen atoms in total. The van der Waals surface area contributed by atoms with Crippen LogP contribution in [0.1, 0.15) is 19.4 Å². The lowest BCUT2D eigenvalue weighted by Gasteiger charge is -2.11. The zero-order valence-corrected chi connectivity index (χ0v) is 11.8. The van der Waals surface area contributed by atoms with Crippen molar-refractivity contribution in [3.05, 3.63) is 46.5 Å². The molecule has 0 atom stereocenters. The van der Waals surface area contributed by atoms with E-state index in [9.17, 15) is 9.90 Å². The van der Waals surface area contributed by atoms with Crippen molar-refractivity contribution in [2.24, 2.45) is 5.92 Å². The number of aromatic nitrogens is 2. The lowest BCUT2D eigenvalue weighted by molar-refractivity contribution is 0.421. The SMILES string of the molecule is Cc1c(O)cccc1Oc1nccn(CC(C)C)c1=O. The number of ether oxygens (including phenoxy) is 1. The van der Waals surface area contributed by atoms with Crippen LogP contribution in [0, 0.1) is 12.8 Å². The van der Waals surface area contributed by atoms with E-state index in [0.29, 0.717) is 23.8 Å². The van der Waals surface area contributed by atoms with Crippen molar-refractivity contribution in [3.8, 4) is 17.4 Å². The number of nitrogens with zero attached hydrogens (tertiary/aromatic N) is 2. The average molecular weight is 274 g/mol.